The zero-order valence-electron chi connectivity index (χ0n) is 11.7. The van der Waals surface area contributed by atoms with Crippen molar-refractivity contribution in [3.63, 3.8) is 0 Å². The first kappa shape index (κ1) is 15.2. The Morgan fingerprint density at radius 3 is 2.67 bits per heavy atom. The van der Waals surface area contributed by atoms with Gasteiger partial charge in [-0.1, -0.05) is 23.9 Å². The molecule has 0 unspecified atom stereocenters. The van der Waals surface area contributed by atoms with E-state index in [-0.39, 0.29) is 17.7 Å². The van der Waals surface area contributed by atoms with Gasteiger partial charge in [0, 0.05) is 11.3 Å². The molecular weight excluding hydrogens is 290 g/mol. The summed E-state index contributed by atoms with van der Waals surface area (Å²) in [5.74, 6) is -0.548. The van der Waals surface area contributed by atoms with Crippen LogP contribution in [0.3, 0.4) is 0 Å². The minimum absolute atomic E-state index is 0.00723. The van der Waals surface area contributed by atoms with Crippen LogP contribution in [0.2, 0.25) is 0 Å². The summed E-state index contributed by atoms with van der Waals surface area (Å²) in [5, 5.41) is 16.8. The van der Waals surface area contributed by atoms with Crippen LogP contribution in [0.5, 0.6) is 0 Å². The van der Waals surface area contributed by atoms with Crippen LogP contribution in [0.25, 0.3) is 11.3 Å². The molecule has 0 spiro atoms. The molecule has 2 rings (SSSR count). The number of thioether (sulfide) groups is 1. The van der Waals surface area contributed by atoms with Gasteiger partial charge in [0.05, 0.1) is 6.42 Å². The van der Waals surface area contributed by atoms with Crippen molar-refractivity contribution < 1.29 is 9.90 Å². The highest BCUT2D eigenvalue weighted by atomic mass is 32.2. The van der Waals surface area contributed by atoms with Gasteiger partial charge in [0.15, 0.2) is 10.9 Å². The smallest absolute Gasteiger partial charge is 0.304 e. The third-order valence-corrected chi connectivity index (χ3v) is 3.88. The highest BCUT2D eigenvalue weighted by molar-refractivity contribution is 7.99. The lowest BCUT2D eigenvalue weighted by molar-refractivity contribution is -0.136. The van der Waals surface area contributed by atoms with E-state index >= 15 is 0 Å². The van der Waals surface area contributed by atoms with E-state index in [2.05, 4.69) is 15.2 Å². The molecule has 1 heterocycles. The summed E-state index contributed by atoms with van der Waals surface area (Å²) in [6, 6.07) is 5.66. The van der Waals surface area contributed by atoms with Crippen LogP contribution in [0, 0.1) is 13.8 Å². The molecule has 0 saturated carbocycles. The standard InChI is InChI=1S/C14H15N3O3S/c1-8-3-4-10(7-9(8)2)12-13(20)15-14(17-16-12)21-6-5-11(18)19/h3-4,7H,5-6H2,1-2H3,(H,18,19)(H,15,17,20). The summed E-state index contributed by atoms with van der Waals surface area (Å²) < 4.78 is 0. The van der Waals surface area contributed by atoms with Crippen LogP contribution in [-0.2, 0) is 4.79 Å². The molecule has 2 aromatic rings. The maximum Gasteiger partial charge on any atom is 0.304 e. The molecule has 21 heavy (non-hydrogen) atoms. The number of aliphatic carboxylic acids is 1. The van der Waals surface area contributed by atoms with E-state index in [1.54, 1.807) is 0 Å². The lowest BCUT2D eigenvalue weighted by Crippen LogP contribution is -2.14. The quantitative estimate of drug-likeness (QED) is 0.820. The molecule has 0 bridgehead atoms. The van der Waals surface area contributed by atoms with E-state index in [0.29, 0.717) is 16.5 Å². The zero-order chi connectivity index (χ0) is 15.4. The van der Waals surface area contributed by atoms with Gasteiger partial charge < -0.3 is 5.11 Å². The van der Waals surface area contributed by atoms with E-state index in [1.165, 1.54) is 0 Å². The second kappa shape index (κ2) is 6.53. The largest absolute Gasteiger partial charge is 0.481 e. The number of carbonyl (C=O) groups is 1. The summed E-state index contributed by atoms with van der Waals surface area (Å²) in [6.07, 6.45) is 0.00723. The number of H-pyrrole nitrogens is 1. The number of aromatic nitrogens is 3. The highest BCUT2D eigenvalue weighted by Crippen LogP contribution is 2.18. The van der Waals surface area contributed by atoms with Crippen LogP contribution in [0.4, 0.5) is 0 Å². The van der Waals surface area contributed by atoms with Gasteiger partial charge in [-0.05, 0) is 31.0 Å². The maximum atomic E-state index is 12.0. The Morgan fingerprint density at radius 1 is 1.29 bits per heavy atom. The summed E-state index contributed by atoms with van der Waals surface area (Å²) in [4.78, 5) is 25.1. The Kier molecular flexibility index (Phi) is 4.74. The van der Waals surface area contributed by atoms with Gasteiger partial charge in [0.1, 0.15) is 0 Å². The van der Waals surface area contributed by atoms with Crippen molar-refractivity contribution in [3.05, 3.63) is 39.7 Å². The van der Waals surface area contributed by atoms with Crippen LogP contribution in [0.15, 0.2) is 28.2 Å². The lowest BCUT2D eigenvalue weighted by atomic mass is 10.0. The van der Waals surface area contributed by atoms with E-state index in [9.17, 15) is 9.59 Å². The maximum absolute atomic E-state index is 12.0. The molecule has 1 aromatic carbocycles. The molecule has 0 amide bonds. The van der Waals surface area contributed by atoms with Gasteiger partial charge in [-0.15, -0.1) is 10.2 Å². The fraction of sp³-hybridized carbons (Fsp3) is 0.286. The molecule has 2 N–H and O–H groups in total. The molecule has 0 aliphatic rings. The van der Waals surface area contributed by atoms with Gasteiger partial charge >= 0.3 is 5.97 Å². The summed E-state index contributed by atoms with van der Waals surface area (Å²) in [6.45, 7) is 3.97. The van der Waals surface area contributed by atoms with Crippen molar-refractivity contribution in [2.75, 3.05) is 5.75 Å². The molecule has 0 fully saturated rings. The summed E-state index contributed by atoms with van der Waals surface area (Å²) >= 11 is 1.16. The fourth-order valence-electron chi connectivity index (χ4n) is 1.70. The van der Waals surface area contributed by atoms with Gasteiger partial charge in [0.2, 0.25) is 0 Å². The first-order chi connectivity index (χ1) is 9.97. The first-order valence-corrected chi connectivity index (χ1v) is 7.35. The predicted octanol–water partition coefficient (Wildman–Crippen LogP) is 2.02. The molecule has 0 radical (unpaired) electrons. The second-order valence-electron chi connectivity index (χ2n) is 4.60. The van der Waals surface area contributed by atoms with Crippen molar-refractivity contribution in [3.8, 4) is 11.3 Å². The Hall–Kier alpha value is -2.15. The minimum Gasteiger partial charge on any atom is -0.481 e. The number of nitrogens with one attached hydrogen (secondary N) is 1. The van der Waals surface area contributed by atoms with E-state index in [4.69, 9.17) is 5.11 Å². The number of aryl methyl sites for hydroxylation is 2. The topological polar surface area (TPSA) is 95.9 Å². The SMILES string of the molecule is Cc1ccc(-c2nnc(SCCC(=O)O)[nH]c2=O)cc1C. The average molecular weight is 305 g/mol. The number of carboxylic acid groups (broad SMARTS) is 1. The van der Waals surface area contributed by atoms with Gasteiger partial charge in [-0.25, -0.2) is 0 Å². The number of carboxylic acids is 1. The normalized spacial score (nSPS) is 10.6. The van der Waals surface area contributed by atoms with Crippen LogP contribution >= 0.6 is 11.8 Å². The third kappa shape index (κ3) is 3.91. The Balaban J connectivity index is 2.21. The number of aromatic amines is 1. The van der Waals surface area contributed by atoms with Crippen molar-refractivity contribution in [1.82, 2.24) is 15.2 Å². The number of hydrogen-bond acceptors (Lipinski definition) is 5. The second-order valence-corrected chi connectivity index (χ2v) is 5.68. The number of benzene rings is 1. The molecule has 0 aliphatic heterocycles. The minimum atomic E-state index is -0.885. The Bertz CT molecular complexity index is 728. The molecular formula is C14H15N3O3S. The van der Waals surface area contributed by atoms with Crippen molar-refractivity contribution >= 4 is 17.7 Å². The third-order valence-electron chi connectivity index (χ3n) is 3.01. The Morgan fingerprint density at radius 2 is 2.05 bits per heavy atom. The van der Waals surface area contributed by atoms with Crippen LogP contribution in [0.1, 0.15) is 17.5 Å². The van der Waals surface area contributed by atoms with E-state index in [0.717, 1.165) is 22.9 Å². The van der Waals surface area contributed by atoms with Crippen LogP contribution in [-0.4, -0.2) is 32.0 Å². The molecule has 0 saturated heterocycles. The monoisotopic (exact) mass is 305 g/mol. The zero-order valence-corrected chi connectivity index (χ0v) is 12.5. The first-order valence-electron chi connectivity index (χ1n) is 6.36. The molecule has 7 heteroatoms. The van der Waals surface area contributed by atoms with Crippen LogP contribution < -0.4 is 5.56 Å². The highest BCUT2D eigenvalue weighted by Gasteiger charge is 2.09. The molecule has 0 aliphatic carbocycles. The number of nitrogens with zero attached hydrogens (tertiary/aromatic N) is 2. The van der Waals surface area contributed by atoms with Crippen molar-refractivity contribution in [2.45, 2.75) is 25.4 Å². The van der Waals surface area contributed by atoms with Crippen molar-refractivity contribution in [1.29, 1.82) is 0 Å². The number of rotatable bonds is 5. The van der Waals surface area contributed by atoms with Gasteiger partial charge in [-0.2, -0.15) is 0 Å². The summed E-state index contributed by atoms with van der Waals surface area (Å²) in [5.41, 5.74) is 2.87. The summed E-state index contributed by atoms with van der Waals surface area (Å²) in [7, 11) is 0. The van der Waals surface area contributed by atoms with Gasteiger partial charge in [0.25, 0.3) is 5.56 Å². The lowest BCUT2D eigenvalue weighted by Gasteiger charge is -2.04. The van der Waals surface area contributed by atoms with E-state index in [1.807, 2.05) is 32.0 Å². The van der Waals surface area contributed by atoms with E-state index < -0.39 is 5.97 Å². The fourth-order valence-corrected chi connectivity index (χ4v) is 2.43. The average Bonchev–Trinajstić information content (AvgIpc) is 2.42. The van der Waals surface area contributed by atoms with Crippen molar-refractivity contribution in [2.24, 2.45) is 0 Å². The predicted molar refractivity (Wildman–Crippen MR) is 80.5 cm³/mol. The molecule has 1 aromatic heterocycles. The van der Waals surface area contributed by atoms with Gasteiger partial charge in [-0.3, -0.25) is 14.6 Å². The number of hydrogen-bond donors (Lipinski definition) is 2. The molecule has 6 nitrogen and oxygen atoms in total. The Labute approximate surface area is 125 Å². The molecule has 110 valence electrons. The molecule has 0 atom stereocenters.